The first-order valence-corrected chi connectivity index (χ1v) is 13.1. The number of ketones is 1. The van der Waals surface area contributed by atoms with E-state index in [2.05, 4.69) is 10.3 Å². The molecule has 0 saturated carbocycles. The standard InChI is InChI=1S/C21H25ClFN2O3P.2C2H6.Re/c1-6-16(25-20(27)28-21(3,4)29-5)14-9-10-15(22)17(18(14)23)19(26)13-8-7-12(2)24-11-13;2*1-2;/h7-11,16,29H,6H2,1-5H3,(H,25,27);2*1-2H3;. The van der Waals surface area contributed by atoms with Crippen LogP contribution in [0.5, 0.6) is 0 Å². The van der Waals surface area contributed by atoms with Crippen molar-refractivity contribution in [1.29, 1.82) is 0 Å². The number of hydrogen-bond donors (Lipinski definition) is 1. The van der Waals surface area contributed by atoms with Crippen LogP contribution in [-0.4, -0.2) is 28.9 Å². The van der Waals surface area contributed by atoms with Crippen molar-refractivity contribution in [2.24, 2.45) is 0 Å². The zero-order valence-corrected chi connectivity index (χ0v) is 25.9. The Balaban J connectivity index is 0. The van der Waals surface area contributed by atoms with Gasteiger partial charge in [-0.25, -0.2) is 9.18 Å². The molecule has 1 amide bonds. The molecule has 191 valence electrons. The first-order valence-electron chi connectivity index (χ1n) is 11.2. The first-order chi connectivity index (χ1) is 15.6. The van der Waals surface area contributed by atoms with E-state index < -0.39 is 29.1 Å². The Hall–Kier alpha value is -1.38. The second-order valence-electron chi connectivity index (χ2n) is 7.10. The molecule has 0 bridgehead atoms. The summed E-state index contributed by atoms with van der Waals surface area (Å²) in [5, 5.41) is 2.08. The molecule has 0 aliphatic carbocycles. The third-order valence-corrected chi connectivity index (χ3v) is 6.17. The average Bonchev–Trinajstić information content (AvgIpc) is 2.80. The fraction of sp³-hybridized carbons (Fsp3) is 0.480. The van der Waals surface area contributed by atoms with Crippen LogP contribution in [0, 0.1) is 12.7 Å². The second kappa shape index (κ2) is 17.1. The number of aromatic nitrogens is 1. The normalized spacial score (nSPS) is 11.3. The van der Waals surface area contributed by atoms with Crippen molar-refractivity contribution < 1.29 is 39.1 Å². The Bertz CT molecular complexity index is 912. The molecule has 2 rings (SSSR count). The molecule has 2 aromatic rings. The quantitative estimate of drug-likeness (QED) is 0.240. The minimum Gasteiger partial charge on any atom is -0.439 e. The number of carbonyl (C=O) groups excluding carboxylic acids is 2. The molecule has 2 unspecified atom stereocenters. The van der Waals surface area contributed by atoms with Gasteiger partial charge in [-0.1, -0.05) is 60.9 Å². The van der Waals surface area contributed by atoms with E-state index in [0.29, 0.717) is 15.0 Å². The number of pyridine rings is 1. The van der Waals surface area contributed by atoms with Crippen LogP contribution in [0.15, 0.2) is 30.5 Å². The molecular formula is C25H37ClFN2O3PRe. The molecular weight excluding hydrogens is 648 g/mol. The molecule has 1 heterocycles. The van der Waals surface area contributed by atoms with Crippen LogP contribution >= 0.6 is 20.2 Å². The van der Waals surface area contributed by atoms with Gasteiger partial charge in [-0.15, -0.1) is 0 Å². The molecule has 1 N–H and O–H groups in total. The van der Waals surface area contributed by atoms with Gasteiger partial charge in [-0.3, -0.25) is 9.78 Å². The van der Waals surface area contributed by atoms with E-state index >= 15 is 4.39 Å². The van der Waals surface area contributed by atoms with E-state index in [1.54, 1.807) is 39.8 Å². The van der Waals surface area contributed by atoms with Crippen LogP contribution < -0.4 is 5.32 Å². The summed E-state index contributed by atoms with van der Waals surface area (Å²) in [6.45, 7) is 17.1. The number of halogens is 2. The molecule has 1 aromatic carbocycles. The van der Waals surface area contributed by atoms with Crippen molar-refractivity contribution in [3.05, 3.63) is 63.7 Å². The van der Waals surface area contributed by atoms with Crippen LogP contribution in [-0.2, 0) is 25.2 Å². The van der Waals surface area contributed by atoms with Crippen molar-refractivity contribution in [3.8, 4) is 0 Å². The number of nitrogens with zero attached hydrogens (tertiary/aromatic N) is 1. The molecule has 0 spiro atoms. The largest absolute Gasteiger partial charge is 0.439 e. The van der Waals surface area contributed by atoms with E-state index in [9.17, 15) is 9.59 Å². The van der Waals surface area contributed by atoms with E-state index in [1.165, 1.54) is 18.3 Å². The molecule has 5 nitrogen and oxygen atoms in total. The minimum absolute atomic E-state index is 0. The Kier molecular flexibility index (Phi) is 17.5. The van der Waals surface area contributed by atoms with Gasteiger partial charge in [0.2, 0.25) is 0 Å². The molecule has 9 heteroatoms. The molecule has 34 heavy (non-hydrogen) atoms. The van der Waals surface area contributed by atoms with Crippen LogP contribution in [0.2, 0.25) is 5.02 Å². The Labute approximate surface area is 224 Å². The monoisotopic (exact) mass is 685 g/mol. The molecule has 2 atom stereocenters. The van der Waals surface area contributed by atoms with Gasteiger partial charge in [-0.05, 0) is 52.1 Å². The Morgan fingerprint density at radius 1 is 1.18 bits per heavy atom. The third kappa shape index (κ3) is 10.1. The molecule has 0 fully saturated rings. The molecule has 0 saturated heterocycles. The van der Waals surface area contributed by atoms with E-state index in [0.717, 1.165) is 5.69 Å². The fourth-order valence-corrected chi connectivity index (χ4v) is 3.07. The summed E-state index contributed by atoms with van der Waals surface area (Å²) in [6, 6.07) is 5.52. The maximum absolute atomic E-state index is 15.3. The maximum atomic E-state index is 15.3. The van der Waals surface area contributed by atoms with Crippen LogP contribution in [0.25, 0.3) is 0 Å². The van der Waals surface area contributed by atoms with Gasteiger partial charge in [0.1, 0.15) is 11.2 Å². The number of benzene rings is 1. The van der Waals surface area contributed by atoms with Gasteiger partial charge in [0.05, 0.1) is 16.6 Å². The Morgan fingerprint density at radius 3 is 2.24 bits per heavy atom. The van der Waals surface area contributed by atoms with Crippen molar-refractivity contribution in [3.63, 3.8) is 0 Å². The predicted octanol–water partition coefficient (Wildman–Crippen LogP) is 7.69. The summed E-state index contributed by atoms with van der Waals surface area (Å²) in [4.78, 5) is 29.2. The summed E-state index contributed by atoms with van der Waals surface area (Å²) in [5.41, 5.74) is 0.915. The van der Waals surface area contributed by atoms with Gasteiger partial charge in [0, 0.05) is 43.4 Å². The number of hydrogen-bond acceptors (Lipinski definition) is 4. The number of ether oxygens (including phenoxy) is 1. The topological polar surface area (TPSA) is 68.3 Å². The summed E-state index contributed by atoms with van der Waals surface area (Å²) in [7, 11) is 0.389. The van der Waals surface area contributed by atoms with Crippen LogP contribution in [0.4, 0.5) is 9.18 Å². The fourth-order valence-electron chi connectivity index (χ4n) is 2.65. The molecule has 0 aliphatic heterocycles. The minimum atomic E-state index is -0.758. The van der Waals surface area contributed by atoms with Crippen molar-refractivity contribution >= 4 is 32.1 Å². The Morgan fingerprint density at radius 2 is 1.76 bits per heavy atom. The number of aryl methyl sites for hydroxylation is 1. The smallest absolute Gasteiger partial charge is 0.408 e. The second-order valence-corrected chi connectivity index (χ2v) is 9.21. The molecule has 1 radical (unpaired) electrons. The van der Waals surface area contributed by atoms with Gasteiger partial charge in [-0.2, -0.15) is 0 Å². The van der Waals surface area contributed by atoms with Crippen molar-refractivity contribution in [1.82, 2.24) is 10.3 Å². The van der Waals surface area contributed by atoms with Gasteiger partial charge >= 0.3 is 6.09 Å². The zero-order valence-electron chi connectivity index (χ0n) is 21.5. The third-order valence-electron chi connectivity index (χ3n) is 4.55. The predicted molar refractivity (Wildman–Crippen MR) is 137 cm³/mol. The van der Waals surface area contributed by atoms with Gasteiger partial charge < -0.3 is 10.1 Å². The van der Waals surface area contributed by atoms with Crippen molar-refractivity contribution in [2.75, 3.05) is 6.66 Å². The molecule has 1 aromatic heterocycles. The summed E-state index contributed by atoms with van der Waals surface area (Å²) in [6.07, 6.45) is 1.16. The number of alkyl carbamates (subject to hydrolysis) is 1. The molecule has 0 aliphatic rings. The van der Waals surface area contributed by atoms with E-state index in [-0.39, 0.29) is 42.1 Å². The van der Waals surface area contributed by atoms with E-state index in [4.69, 9.17) is 16.3 Å². The first kappa shape index (κ1) is 34.8. The van der Waals surface area contributed by atoms with Crippen LogP contribution in [0.3, 0.4) is 0 Å². The summed E-state index contributed by atoms with van der Waals surface area (Å²) in [5.74, 6) is -1.32. The number of amides is 1. The van der Waals surface area contributed by atoms with Gasteiger partial charge in [0.15, 0.2) is 5.78 Å². The number of carbonyl (C=O) groups is 2. The summed E-state index contributed by atoms with van der Waals surface area (Å²) < 4.78 is 20.7. The van der Waals surface area contributed by atoms with Gasteiger partial charge in [0.25, 0.3) is 0 Å². The number of rotatable bonds is 7. The SMILES string of the molecule is CC.CC.CCC(NC(=O)OC(C)(C)PC)c1ccc(Cl)c(C(=O)c2ccc(C)nc2)c1F.[Re]. The van der Waals surface area contributed by atoms with E-state index in [1.807, 2.05) is 34.4 Å². The zero-order chi connectivity index (χ0) is 25.8. The maximum Gasteiger partial charge on any atom is 0.408 e. The van der Waals surface area contributed by atoms with Crippen molar-refractivity contribution in [2.45, 2.75) is 73.2 Å². The number of nitrogens with one attached hydrogen (secondary N) is 1. The average molecular weight is 685 g/mol. The summed E-state index contributed by atoms with van der Waals surface area (Å²) >= 11 is 6.14. The van der Waals surface area contributed by atoms with Crippen LogP contribution in [0.1, 0.15) is 88.1 Å².